The Balaban J connectivity index is 4.15. The van der Waals surface area contributed by atoms with E-state index in [1.165, 1.54) is 0 Å². The molecule has 0 saturated carbocycles. The summed E-state index contributed by atoms with van der Waals surface area (Å²) in [5.41, 5.74) is 5.67. The van der Waals surface area contributed by atoms with Gasteiger partial charge in [-0.3, -0.25) is 4.79 Å². The number of carbonyl (C=O) groups is 1. The van der Waals surface area contributed by atoms with Gasteiger partial charge in [0.2, 0.25) is 5.91 Å². The summed E-state index contributed by atoms with van der Waals surface area (Å²) in [4.78, 5) is 11.5. The second kappa shape index (κ2) is 5.98. The van der Waals surface area contributed by atoms with Crippen molar-refractivity contribution in [1.29, 1.82) is 0 Å². The van der Waals surface area contributed by atoms with Crippen molar-refractivity contribution >= 4 is 5.91 Å². The molecule has 2 atom stereocenters. The van der Waals surface area contributed by atoms with Gasteiger partial charge in [0.15, 0.2) is 0 Å². The standard InChI is InChI=1S/C10H22N2O2/c1-6(2)8(5-13)12-10(14)9(11)7(3)4/h6-9,13H,5,11H2,1-4H3,(H,12,14)/t8?,9-/m1/s1. The summed E-state index contributed by atoms with van der Waals surface area (Å²) in [7, 11) is 0. The molecule has 0 bridgehead atoms. The highest BCUT2D eigenvalue weighted by Crippen LogP contribution is 2.03. The van der Waals surface area contributed by atoms with Crippen molar-refractivity contribution < 1.29 is 9.90 Å². The molecule has 84 valence electrons. The Labute approximate surface area is 85.9 Å². The van der Waals surface area contributed by atoms with Crippen molar-refractivity contribution in [2.45, 2.75) is 39.8 Å². The lowest BCUT2D eigenvalue weighted by atomic mass is 10.0. The van der Waals surface area contributed by atoms with E-state index in [0.717, 1.165) is 0 Å². The first-order valence-corrected chi connectivity index (χ1v) is 5.07. The van der Waals surface area contributed by atoms with Crippen LogP contribution in [-0.4, -0.2) is 29.7 Å². The van der Waals surface area contributed by atoms with E-state index in [4.69, 9.17) is 10.8 Å². The Kier molecular flexibility index (Phi) is 5.72. The highest BCUT2D eigenvalue weighted by molar-refractivity contribution is 5.82. The van der Waals surface area contributed by atoms with Crippen LogP contribution < -0.4 is 11.1 Å². The van der Waals surface area contributed by atoms with Gasteiger partial charge in [-0.15, -0.1) is 0 Å². The zero-order valence-electron chi connectivity index (χ0n) is 9.45. The van der Waals surface area contributed by atoms with Crippen LogP contribution in [0.2, 0.25) is 0 Å². The Morgan fingerprint density at radius 2 is 1.79 bits per heavy atom. The van der Waals surface area contributed by atoms with Crippen molar-refractivity contribution in [2.24, 2.45) is 17.6 Å². The third-order valence-electron chi connectivity index (χ3n) is 2.35. The smallest absolute Gasteiger partial charge is 0.237 e. The van der Waals surface area contributed by atoms with Crippen molar-refractivity contribution in [3.8, 4) is 0 Å². The first-order chi connectivity index (χ1) is 6.40. The van der Waals surface area contributed by atoms with E-state index in [9.17, 15) is 4.79 Å². The predicted octanol–water partition coefficient (Wildman–Crippen LogP) is 0.103. The molecule has 1 unspecified atom stereocenters. The molecule has 4 heteroatoms. The number of nitrogens with two attached hydrogens (primary N) is 1. The Morgan fingerprint density at radius 1 is 1.29 bits per heavy atom. The van der Waals surface area contributed by atoms with Gasteiger partial charge in [0.1, 0.15) is 0 Å². The molecule has 0 aliphatic carbocycles. The molecule has 0 spiro atoms. The van der Waals surface area contributed by atoms with E-state index in [0.29, 0.717) is 0 Å². The highest BCUT2D eigenvalue weighted by atomic mass is 16.3. The largest absolute Gasteiger partial charge is 0.394 e. The normalized spacial score (nSPS) is 15.7. The number of hydrogen-bond donors (Lipinski definition) is 3. The van der Waals surface area contributed by atoms with Crippen LogP contribution in [0.1, 0.15) is 27.7 Å². The van der Waals surface area contributed by atoms with Crippen LogP contribution >= 0.6 is 0 Å². The van der Waals surface area contributed by atoms with Crippen molar-refractivity contribution in [3.05, 3.63) is 0 Å². The quantitative estimate of drug-likeness (QED) is 0.592. The fourth-order valence-electron chi connectivity index (χ4n) is 1.00. The zero-order chi connectivity index (χ0) is 11.3. The van der Waals surface area contributed by atoms with Gasteiger partial charge < -0.3 is 16.2 Å². The van der Waals surface area contributed by atoms with Crippen molar-refractivity contribution in [1.82, 2.24) is 5.32 Å². The maximum absolute atomic E-state index is 11.5. The lowest BCUT2D eigenvalue weighted by Crippen LogP contribution is -2.50. The number of rotatable bonds is 5. The Morgan fingerprint density at radius 3 is 2.07 bits per heavy atom. The second-order valence-electron chi connectivity index (χ2n) is 4.31. The molecule has 0 aromatic carbocycles. The molecule has 0 rings (SSSR count). The molecule has 0 aliphatic heterocycles. The van der Waals surface area contributed by atoms with Gasteiger partial charge in [-0.1, -0.05) is 27.7 Å². The minimum absolute atomic E-state index is 0.0474. The number of nitrogens with one attached hydrogen (secondary N) is 1. The van der Waals surface area contributed by atoms with E-state index in [1.54, 1.807) is 0 Å². The van der Waals surface area contributed by atoms with Gasteiger partial charge in [-0.25, -0.2) is 0 Å². The summed E-state index contributed by atoms with van der Waals surface area (Å²) in [5, 5.41) is 11.7. The van der Waals surface area contributed by atoms with Gasteiger partial charge in [0, 0.05) is 0 Å². The molecule has 0 aromatic rings. The molecule has 4 N–H and O–H groups in total. The number of aliphatic hydroxyl groups excluding tert-OH is 1. The fraction of sp³-hybridized carbons (Fsp3) is 0.900. The minimum Gasteiger partial charge on any atom is -0.394 e. The van der Waals surface area contributed by atoms with Gasteiger partial charge >= 0.3 is 0 Å². The molecule has 4 nitrogen and oxygen atoms in total. The van der Waals surface area contributed by atoms with Crippen LogP contribution in [0.15, 0.2) is 0 Å². The lowest BCUT2D eigenvalue weighted by Gasteiger charge is -2.23. The van der Waals surface area contributed by atoms with Crippen LogP contribution in [0.4, 0.5) is 0 Å². The second-order valence-corrected chi connectivity index (χ2v) is 4.31. The molecule has 0 aromatic heterocycles. The third-order valence-corrected chi connectivity index (χ3v) is 2.35. The minimum atomic E-state index is -0.497. The van der Waals surface area contributed by atoms with Crippen LogP contribution in [0.25, 0.3) is 0 Å². The molecule has 1 amide bonds. The summed E-state index contributed by atoms with van der Waals surface area (Å²) < 4.78 is 0. The molecule has 14 heavy (non-hydrogen) atoms. The molecule has 0 aliphatic rings. The zero-order valence-corrected chi connectivity index (χ0v) is 9.45. The Bertz CT molecular complexity index is 181. The van der Waals surface area contributed by atoms with Crippen molar-refractivity contribution in [2.75, 3.05) is 6.61 Å². The monoisotopic (exact) mass is 202 g/mol. The van der Waals surface area contributed by atoms with Gasteiger partial charge in [-0.05, 0) is 11.8 Å². The van der Waals surface area contributed by atoms with E-state index < -0.39 is 6.04 Å². The molecular formula is C10H22N2O2. The first-order valence-electron chi connectivity index (χ1n) is 5.07. The van der Waals surface area contributed by atoms with Gasteiger partial charge in [0.05, 0.1) is 18.7 Å². The van der Waals surface area contributed by atoms with Crippen LogP contribution in [0.5, 0.6) is 0 Å². The van der Waals surface area contributed by atoms with E-state index in [1.807, 2.05) is 27.7 Å². The average molecular weight is 202 g/mol. The van der Waals surface area contributed by atoms with Crippen LogP contribution in [0.3, 0.4) is 0 Å². The summed E-state index contributed by atoms with van der Waals surface area (Å²) in [6.45, 7) is 7.64. The van der Waals surface area contributed by atoms with Gasteiger partial charge in [0.25, 0.3) is 0 Å². The average Bonchev–Trinajstić information content (AvgIpc) is 2.11. The summed E-state index contributed by atoms with van der Waals surface area (Å²) in [6.07, 6.45) is 0. The van der Waals surface area contributed by atoms with Crippen LogP contribution in [-0.2, 0) is 4.79 Å². The topological polar surface area (TPSA) is 75.3 Å². The number of hydrogen-bond acceptors (Lipinski definition) is 3. The number of carbonyl (C=O) groups excluding carboxylic acids is 1. The van der Waals surface area contributed by atoms with Crippen LogP contribution in [0, 0.1) is 11.8 Å². The van der Waals surface area contributed by atoms with Crippen molar-refractivity contribution in [3.63, 3.8) is 0 Å². The number of amides is 1. The van der Waals surface area contributed by atoms with E-state index in [-0.39, 0.29) is 30.4 Å². The lowest BCUT2D eigenvalue weighted by molar-refractivity contribution is -0.124. The first kappa shape index (κ1) is 13.4. The number of aliphatic hydroxyl groups is 1. The maximum atomic E-state index is 11.5. The van der Waals surface area contributed by atoms with E-state index >= 15 is 0 Å². The summed E-state index contributed by atoms with van der Waals surface area (Å²) in [5.74, 6) is 0.137. The van der Waals surface area contributed by atoms with Gasteiger partial charge in [-0.2, -0.15) is 0 Å². The van der Waals surface area contributed by atoms with E-state index in [2.05, 4.69) is 5.32 Å². The summed E-state index contributed by atoms with van der Waals surface area (Å²) >= 11 is 0. The molecule has 0 heterocycles. The maximum Gasteiger partial charge on any atom is 0.237 e. The molecule has 0 radical (unpaired) electrons. The predicted molar refractivity (Wildman–Crippen MR) is 56.7 cm³/mol. The molecular weight excluding hydrogens is 180 g/mol. The SMILES string of the molecule is CC(C)C(CO)NC(=O)[C@H](N)C(C)C. The molecule has 0 fully saturated rings. The summed E-state index contributed by atoms with van der Waals surface area (Å²) in [6, 6.07) is -0.699. The third kappa shape index (κ3) is 4.07. The fourth-order valence-corrected chi connectivity index (χ4v) is 1.00. The molecule has 0 saturated heterocycles. The highest BCUT2D eigenvalue weighted by Gasteiger charge is 2.21. The Hall–Kier alpha value is -0.610.